The van der Waals surface area contributed by atoms with Crippen molar-refractivity contribution >= 4 is 11.6 Å². The number of hydrogen-bond donors (Lipinski definition) is 2. The van der Waals surface area contributed by atoms with E-state index in [1.54, 1.807) is 11.8 Å². The molecule has 1 unspecified atom stereocenters. The molecule has 18 heavy (non-hydrogen) atoms. The van der Waals surface area contributed by atoms with Crippen molar-refractivity contribution in [2.45, 2.75) is 20.3 Å². The van der Waals surface area contributed by atoms with Gasteiger partial charge >= 0.3 is 0 Å². The summed E-state index contributed by atoms with van der Waals surface area (Å²) in [5.41, 5.74) is 7.35. The molecule has 0 radical (unpaired) electrons. The number of H-pyrrole nitrogens is 1. The molecule has 1 aliphatic rings. The van der Waals surface area contributed by atoms with Crippen LogP contribution in [0.2, 0.25) is 0 Å². The van der Waals surface area contributed by atoms with Crippen LogP contribution in [0.15, 0.2) is 0 Å². The summed E-state index contributed by atoms with van der Waals surface area (Å²) in [5.74, 6) is 0.321. The van der Waals surface area contributed by atoms with Gasteiger partial charge in [0, 0.05) is 25.6 Å². The van der Waals surface area contributed by atoms with Crippen molar-refractivity contribution in [3.63, 3.8) is 0 Å². The SMILES string of the molecule is CCN(CC1CCOC1)C(=O)c1n[nH]c(C)c1N. The van der Waals surface area contributed by atoms with E-state index in [0.29, 0.717) is 30.4 Å². The van der Waals surface area contributed by atoms with E-state index in [1.807, 2.05) is 6.92 Å². The molecule has 1 fully saturated rings. The van der Waals surface area contributed by atoms with Crippen LogP contribution in [0.25, 0.3) is 0 Å². The van der Waals surface area contributed by atoms with Gasteiger partial charge in [-0.05, 0) is 20.3 Å². The Hall–Kier alpha value is -1.56. The highest BCUT2D eigenvalue weighted by Crippen LogP contribution is 2.18. The molecule has 0 bridgehead atoms. The average molecular weight is 252 g/mol. The lowest BCUT2D eigenvalue weighted by atomic mass is 10.1. The molecule has 0 saturated carbocycles. The number of aromatic amines is 1. The highest BCUT2D eigenvalue weighted by Gasteiger charge is 2.25. The summed E-state index contributed by atoms with van der Waals surface area (Å²) < 4.78 is 5.33. The van der Waals surface area contributed by atoms with Gasteiger partial charge in [0.15, 0.2) is 5.69 Å². The molecular formula is C12H20N4O2. The van der Waals surface area contributed by atoms with Gasteiger partial charge in [0.25, 0.3) is 5.91 Å². The normalized spacial score (nSPS) is 19.1. The summed E-state index contributed by atoms with van der Waals surface area (Å²) in [5, 5.41) is 6.73. The number of carbonyl (C=O) groups excluding carboxylic acids is 1. The number of anilines is 1. The maximum atomic E-state index is 12.3. The number of nitrogens with two attached hydrogens (primary N) is 1. The van der Waals surface area contributed by atoms with Gasteiger partial charge in [-0.1, -0.05) is 0 Å². The van der Waals surface area contributed by atoms with Crippen LogP contribution in [0.5, 0.6) is 0 Å². The van der Waals surface area contributed by atoms with Crippen molar-refractivity contribution in [3.05, 3.63) is 11.4 Å². The van der Waals surface area contributed by atoms with Crippen molar-refractivity contribution in [1.29, 1.82) is 0 Å². The topological polar surface area (TPSA) is 84.2 Å². The molecule has 1 atom stereocenters. The summed E-state index contributed by atoms with van der Waals surface area (Å²) in [6.45, 7) is 6.66. The molecule has 1 amide bonds. The first-order valence-corrected chi connectivity index (χ1v) is 6.31. The van der Waals surface area contributed by atoms with Gasteiger partial charge < -0.3 is 15.4 Å². The molecule has 1 aromatic rings. The predicted octanol–water partition coefficient (Wildman–Crippen LogP) is 0.799. The van der Waals surface area contributed by atoms with Gasteiger partial charge in [-0.2, -0.15) is 5.10 Å². The van der Waals surface area contributed by atoms with Crippen LogP contribution in [0, 0.1) is 12.8 Å². The molecule has 2 rings (SSSR count). The summed E-state index contributed by atoms with van der Waals surface area (Å²) in [6, 6.07) is 0. The van der Waals surface area contributed by atoms with E-state index in [-0.39, 0.29) is 5.91 Å². The molecule has 2 heterocycles. The van der Waals surface area contributed by atoms with E-state index in [4.69, 9.17) is 10.5 Å². The number of nitrogens with zero attached hydrogens (tertiary/aromatic N) is 2. The Labute approximate surface area is 106 Å². The Bertz CT molecular complexity index is 424. The molecule has 1 aliphatic heterocycles. The van der Waals surface area contributed by atoms with E-state index in [2.05, 4.69) is 10.2 Å². The Morgan fingerprint density at radius 1 is 1.67 bits per heavy atom. The van der Waals surface area contributed by atoms with Crippen molar-refractivity contribution < 1.29 is 9.53 Å². The second-order valence-electron chi connectivity index (χ2n) is 4.68. The fourth-order valence-electron chi connectivity index (χ4n) is 2.15. The van der Waals surface area contributed by atoms with Crippen LogP contribution in [-0.2, 0) is 4.74 Å². The predicted molar refractivity (Wildman–Crippen MR) is 68.2 cm³/mol. The standard InChI is InChI=1S/C12H20N4O2/c1-3-16(6-9-4-5-18-7-9)12(17)11-10(13)8(2)14-15-11/h9H,3-7,13H2,1-2H3,(H,14,15). The van der Waals surface area contributed by atoms with Crippen LogP contribution >= 0.6 is 0 Å². The minimum atomic E-state index is -0.105. The van der Waals surface area contributed by atoms with Gasteiger partial charge in [0.05, 0.1) is 18.0 Å². The first-order chi connectivity index (χ1) is 8.63. The first-order valence-electron chi connectivity index (χ1n) is 6.31. The maximum absolute atomic E-state index is 12.3. The lowest BCUT2D eigenvalue weighted by Crippen LogP contribution is -2.36. The molecule has 0 aromatic carbocycles. The van der Waals surface area contributed by atoms with E-state index in [1.165, 1.54) is 0 Å². The smallest absolute Gasteiger partial charge is 0.276 e. The highest BCUT2D eigenvalue weighted by molar-refractivity contribution is 5.97. The van der Waals surface area contributed by atoms with Crippen molar-refractivity contribution in [2.75, 3.05) is 32.0 Å². The summed E-state index contributed by atoms with van der Waals surface area (Å²) in [4.78, 5) is 14.1. The summed E-state index contributed by atoms with van der Waals surface area (Å²) in [6.07, 6.45) is 1.01. The number of nitrogens with one attached hydrogen (secondary N) is 1. The number of nitrogen functional groups attached to an aromatic ring is 1. The van der Waals surface area contributed by atoms with Crippen LogP contribution in [0.4, 0.5) is 5.69 Å². The van der Waals surface area contributed by atoms with E-state index in [0.717, 1.165) is 25.3 Å². The van der Waals surface area contributed by atoms with E-state index < -0.39 is 0 Å². The molecule has 1 saturated heterocycles. The molecule has 100 valence electrons. The first kappa shape index (κ1) is 12.9. The zero-order valence-corrected chi connectivity index (χ0v) is 10.9. The van der Waals surface area contributed by atoms with Gasteiger partial charge in [-0.3, -0.25) is 9.89 Å². The van der Waals surface area contributed by atoms with Crippen molar-refractivity contribution in [3.8, 4) is 0 Å². The third-order valence-electron chi connectivity index (χ3n) is 3.37. The van der Waals surface area contributed by atoms with E-state index in [9.17, 15) is 4.79 Å². The molecule has 0 spiro atoms. The molecule has 6 heteroatoms. The molecule has 3 N–H and O–H groups in total. The Morgan fingerprint density at radius 3 is 2.94 bits per heavy atom. The zero-order chi connectivity index (χ0) is 13.1. The highest BCUT2D eigenvalue weighted by atomic mass is 16.5. The second-order valence-corrected chi connectivity index (χ2v) is 4.68. The molecule has 0 aliphatic carbocycles. The maximum Gasteiger partial charge on any atom is 0.276 e. The fourth-order valence-corrected chi connectivity index (χ4v) is 2.15. The minimum Gasteiger partial charge on any atom is -0.395 e. The Kier molecular flexibility index (Phi) is 3.86. The van der Waals surface area contributed by atoms with Gasteiger partial charge in [0.2, 0.25) is 0 Å². The summed E-state index contributed by atoms with van der Waals surface area (Å²) >= 11 is 0. The molecule has 1 aromatic heterocycles. The molecular weight excluding hydrogens is 232 g/mol. The lowest BCUT2D eigenvalue weighted by Gasteiger charge is -2.23. The third-order valence-corrected chi connectivity index (χ3v) is 3.37. The fraction of sp³-hybridized carbons (Fsp3) is 0.667. The van der Waals surface area contributed by atoms with Crippen molar-refractivity contribution in [2.24, 2.45) is 5.92 Å². The number of hydrogen-bond acceptors (Lipinski definition) is 4. The van der Waals surface area contributed by atoms with Crippen LogP contribution in [0.1, 0.15) is 29.5 Å². The van der Waals surface area contributed by atoms with Crippen LogP contribution in [0.3, 0.4) is 0 Å². The zero-order valence-electron chi connectivity index (χ0n) is 10.9. The number of aryl methyl sites for hydroxylation is 1. The number of ether oxygens (including phenoxy) is 1. The third kappa shape index (κ3) is 2.48. The van der Waals surface area contributed by atoms with Crippen LogP contribution < -0.4 is 5.73 Å². The Morgan fingerprint density at radius 2 is 2.44 bits per heavy atom. The van der Waals surface area contributed by atoms with Crippen LogP contribution in [-0.4, -0.2) is 47.3 Å². The van der Waals surface area contributed by atoms with Gasteiger partial charge in [-0.15, -0.1) is 0 Å². The summed E-state index contributed by atoms with van der Waals surface area (Å²) in [7, 11) is 0. The van der Waals surface area contributed by atoms with E-state index >= 15 is 0 Å². The van der Waals surface area contributed by atoms with Crippen molar-refractivity contribution in [1.82, 2.24) is 15.1 Å². The number of amides is 1. The van der Waals surface area contributed by atoms with Gasteiger partial charge in [-0.25, -0.2) is 0 Å². The largest absolute Gasteiger partial charge is 0.395 e. The van der Waals surface area contributed by atoms with Gasteiger partial charge in [0.1, 0.15) is 0 Å². The average Bonchev–Trinajstić information content (AvgIpc) is 2.98. The second kappa shape index (κ2) is 5.39. The Balaban J connectivity index is 2.07. The lowest BCUT2D eigenvalue weighted by molar-refractivity contribution is 0.0726. The monoisotopic (exact) mass is 252 g/mol. The minimum absolute atomic E-state index is 0.105. The molecule has 6 nitrogen and oxygen atoms in total. The number of rotatable bonds is 4. The quantitative estimate of drug-likeness (QED) is 0.830. The number of aromatic nitrogens is 2. The number of carbonyl (C=O) groups is 1.